The number of nitrogens with zero attached hydrogens (tertiary/aromatic N) is 2. The molecule has 152 valence electrons. The Bertz CT molecular complexity index is 1230. The van der Waals surface area contributed by atoms with E-state index in [0.29, 0.717) is 5.69 Å². The zero-order valence-corrected chi connectivity index (χ0v) is 16.9. The molecule has 3 aromatic rings. The number of carbonyl (C=O) groups excluding carboxylic acids is 2. The molecule has 0 aromatic heterocycles. The van der Waals surface area contributed by atoms with Gasteiger partial charge in [0.25, 0.3) is 0 Å². The third kappa shape index (κ3) is 2.08. The number of hydrogen-bond donors (Lipinski definition) is 1. The van der Waals surface area contributed by atoms with Crippen LogP contribution in [0.25, 0.3) is 0 Å². The van der Waals surface area contributed by atoms with Gasteiger partial charge in [-0.1, -0.05) is 66.2 Å². The Hall–Kier alpha value is -3.73. The lowest BCUT2D eigenvalue weighted by atomic mass is 9.47. The summed E-state index contributed by atoms with van der Waals surface area (Å²) in [6, 6.07) is 23.3. The molecule has 2 atom stereocenters. The fraction of sp³-hybridized carbons (Fsp3) is 0.192. The topological polar surface area (TPSA) is 70.0 Å². The van der Waals surface area contributed by atoms with Crippen LogP contribution in [0, 0.1) is 18.8 Å². The van der Waals surface area contributed by atoms with Gasteiger partial charge in [-0.25, -0.2) is 4.90 Å². The second-order valence-corrected chi connectivity index (χ2v) is 8.62. The molecule has 1 fully saturated rings. The highest BCUT2D eigenvalue weighted by atomic mass is 16.4. The number of hydrogen-bond acceptors (Lipinski definition) is 4. The van der Waals surface area contributed by atoms with E-state index >= 15 is 0 Å². The molecule has 4 aliphatic rings. The van der Waals surface area contributed by atoms with E-state index in [1.165, 1.54) is 11.1 Å². The lowest BCUT2D eigenvalue weighted by Crippen LogP contribution is -2.54. The summed E-state index contributed by atoms with van der Waals surface area (Å²) in [6.07, 6.45) is 1.46. The molecule has 5 nitrogen and oxygen atoms in total. The number of amides is 2. The summed E-state index contributed by atoms with van der Waals surface area (Å²) in [5.41, 5.74) is 4.56. The number of rotatable bonds is 2. The number of imide groups is 1. The van der Waals surface area contributed by atoms with Gasteiger partial charge in [-0.2, -0.15) is 0 Å². The first-order valence-electron chi connectivity index (χ1n) is 10.4. The van der Waals surface area contributed by atoms with Gasteiger partial charge in [-0.05, 0) is 41.3 Å². The van der Waals surface area contributed by atoms with Crippen molar-refractivity contribution in [2.45, 2.75) is 18.3 Å². The summed E-state index contributed by atoms with van der Waals surface area (Å²) < 4.78 is 0. The minimum absolute atomic E-state index is 0.191. The van der Waals surface area contributed by atoms with Crippen molar-refractivity contribution in [1.82, 2.24) is 0 Å². The number of carbonyl (C=O) groups is 2. The average molecular weight is 408 g/mol. The zero-order chi connectivity index (χ0) is 21.3. The van der Waals surface area contributed by atoms with Gasteiger partial charge in [0.1, 0.15) is 0 Å². The maximum Gasteiger partial charge on any atom is 0.239 e. The molecule has 2 bridgehead atoms. The quantitative estimate of drug-likeness (QED) is 0.302. The van der Waals surface area contributed by atoms with Gasteiger partial charge in [0.15, 0.2) is 0 Å². The van der Waals surface area contributed by atoms with E-state index in [-0.39, 0.29) is 17.7 Å². The molecule has 1 saturated heterocycles. The summed E-state index contributed by atoms with van der Waals surface area (Å²) in [5.74, 6) is -1.85. The lowest BCUT2D eigenvalue weighted by Gasteiger charge is -2.52. The van der Waals surface area contributed by atoms with Crippen LogP contribution in [0.15, 0.2) is 78.0 Å². The minimum Gasteiger partial charge on any atom is -0.411 e. The van der Waals surface area contributed by atoms with Crippen LogP contribution in [-0.4, -0.2) is 23.2 Å². The van der Waals surface area contributed by atoms with Crippen molar-refractivity contribution < 1.29 is 14.8 Å². The van der Waals surface area contributed by atoms with Gasteiger partial charge in [-0.15, -0.1) is 5.16 Å². The average Bonchev–Trinajstić information content (AvgIpc) is 3.06. The van der Waals surface area contributed by atoms with E-state index in [1.807, 2.05) is 79.7 Å². The van der Waals surface area contributed by atoms with Crippen molar-refractivity contribution in [3.63, 3.8) is 0 Å². The van der Waals surface area contributed by atoms with Gasteiger partial charge in [-0.3, -0.25) is 9.59 Å². The van der Waals surface area contributed by atoms with Crippen molar-refractivity contribution in [3.8, 4) is 0 Å². The Morgan fingerprint density at radius 3 is 2.03 bits per heavy atom. The summed E-state index contributed by atoms with van der Waals surface area (Å²) in [5, 5.41) is 13.2. The normalized spacial score (nSPS) is 28.0. The van der Waals surface area contributed by atoms with E-state index in [4.69, 9.17) is 0 Å². The second kappa shape index (κ2) is 6.14. The first-order chi connectivity index (χ1) is 15.1. The van der Waals surface area contributed by atoms with E-state index in [1.54, 1.807) is 0 Å². The molecule has 3 aromatic carbocycles. The molecular formula is C26H20N2O3. The molecule has 7 rings (SSSR count). The molecule has 3 aliphatic carbocycles. The molecule has 2 unspecified atom stereocenters. The molecule has 2 amide bonds. The molecule has 0 radical (unpaired) electrons. The Morgan fingerprint density at radius 2 is 1.45 bits per heavy atom. The van der Waals surface area contributed by atoms with Gasteiger partial charge >= 0.3 is 0 Å². The summed E-state index contributed by atoms with van der Waals surface area (Å²) in [6.45, 7) is 1.97. The van der Waals surface area contributed by atoms with Crippen LogP contribution in [0.1, 0.15) is 33.7 Å². The monoisotopic (exact) mass is 408 g/mol. The van der Waals surface area contributed by atoms with Crippen molar-refractivity contribution in [2.24, 2.45) is 17.0 Å². The zero-order valence-electron chi connectivity index (χ0n) is 16.9. The Labute approximate surface area is 179 Å². The minimum atomic E-state index is -0.993. The number of oxime groups is 1. The molecule has 1 aliphatic heterocycles. The number of aryl methyl sites for hydroxylation is 1. The highest BCUT2D eigenvalue weighted by Gasteiger charge is 2.68. The van der Waals surface area contributed by atoms with Crippen LogP contribution in [0.4, 0.5) is 5.69 Å². The molecule has 1 N–H and O–H groups in total. The summed E-state index contributed by atoms with van der Waals surface area (Å²) in [4.78, 5) is 29.0. The summed E-state index contributed by atoms with van der Waals surface area (Å²) >= 11 is 0. The smallest absolute Gasteiger partial charge is 0.239 e. The van der Waals surface area contributed by atoms with Crippen LogP contribution in [0.5, 0.6) is 0 Å². The van der Waals surface area contributed by atoms with Crippen molar-refractivity contribution in [3.05, 3.63) is 101 Å². The Morgan fingerprint density at radius 1 is 0.871 bits per heavy atom. The first-order valence-corrected chi connectivity index (χ1v) is 10.4. The third-order valence-corrected chi connectivity index (χ3v) is 7.24. The molecule has 5 heteroatoms. The number of anilines is 1. The van der Waals surface area contributed by atoms with Crippen LogP contribution < -0.4 is 4.90 Å². The van der Waals surface area contributed by atoms with Gasteiger partial charge in [0.05, 0.1) is 29.2 Å². The molecule has 0 saturated carbocycles. The number of benzene rings is 3. The van der Waals surface area contributed by atoms with Gasteiger partial charge in [0.2, 0.25) is 11.8 Å². The molecular weight excluding hydrogens is 388 g/mol. The van der Waals surface area contributed by atoms with Crippen LogP contribution in [-0.2, 0) is 15.0 Å². The van der Waals surface area contributed by atoms with E-state index in [9.17, 15) is 14.8 Å². The van der Waals surface area contributed by atoms with E-state index < -0.39 is 17.3 Å². The summed E-state index contributed by atoms with van der Waals surface area (Å²) in [7, 11) is 0. The maximum atomic E-state index is 13.9. The third-order valence-electron chi connectivity index (χ3n) is 7.24. The van der Waals surface area contributed by atoms with Crippen molar-refractivity contribution >= 4 is 23.7 Å². The van der Waals surface area contributed by atoms with Crippen molar-refractivity contribution in [2.75, 3.05) is 4.90 Å². The predicted molar refractivity (Wildman–Crippen MR) is 116 cm³/mol. The highest BCUT2D eigenvalue weighted by molar-refractivity contribution is 6.25. The van der Waals surface area contributed by atoms with Gasteiger partial charge in [0, 0.05) is 5.92 Å². The molecule has 0 spiro atoms. The Balaban J connectivity index is 1.66. The SMILES string of the molecule is Cc1ccc(N2C(=O)C3C4c5ccccc5C(C=NO)(c5ccccc54)C3C2=O)cc1. The van der Waals surface area contributed by atoms with E-state index in [2.05, 4.69) is 5.16 Å². The standard InChI is InChI=1S/C26H20N2O3/c1-15-10-12-16(13-11-15)28-24(29)22-21-17-6-2-4-8-19(17)26(14-27-31,23(22)25(28)30)20-9-5-3-7-18(20)21/h2-14,21-23,31H,1H3. The van der Waals surface area contributed by atoms with Crippen molar-refractivity contribution in [1.29, 1.82) is 0 Å². The fourth-order valence-electron chi connectivity index (χ4n) is 6.09. The highest BCUT2D eigenvalue weighted by Crippen LogP contribution is 2.63. The van der Waals surface area contributed by atoms with Crippen LogP contribution in [0.2, 0.25) is 0 Å². The maximum absolute atomic E-state index is 13.9. The molecule has 1 heterocycles. The second-order valence-electron chi connectivity index (χ2n) is 8.62. The fourth-order valence-corrected chi connectivity index (χ4v) is 6.09. The van der Waals surface area contributed by atoms with Gasteiger partial charge < -0.3 is 5.21 Å². The predicted octanol–water partition coefficient (Wildman–Crippen LogP) is 4.01. The van der Waals surface area contributed by atoms with Crippen LogP contribution in [0.3, 0.4) is 0 Å². The van der Waals surface area contributed by atoms with Crippen LogP contribution >= 0.6 is 0 Å². The molecule has 31 heavy (non-hydrogen) atoms. The largest absolute Gasteiger partial charge is 0.411 e. The van der Waals surface area contributed by atoms with E-state index in [0.717, 1.165) is 27.8 Å². The Kier molecular flexibility index (Phi) is 3.58. The first kappa shape index (κ1) is 18.1. The lowest BCUT2D eigenvalue weighted by molar-refractivity contribution is -0.122.